The lowest BCUT2D eigenvalue weighted by Gasteiger charge is -2.34. The van der Waals surface area contributed by atoms with E-state index in [-0.39, 0.29) is 24.7 Å². The van der Waals surface area contributed by atoms with Crippen molar-refractivity contribution in [3.8, 4) is 11.8 Å². The van der Waals surface area contributed by atoms with Crippen molar-refractivity contribution < 1.29 is 29.8 Å². The summed E-state index contributed by atoms with van der Waals surface area (Å²) in [6.45, 7) is 0.938. The summed E-state index contributed by atoms with van der Waals surface area (Å²) in [5.41, 5.74) is 1.89. The Morgan fingerprint density at radius 1 is 0.939 bits per heavy atom. The number of rotatable bonds is 7. The minimum absolute atomic E-state index is 0.144. The first-order valence-corrected chi connectivity index (χ1v) is 10.1. The van der Waals surface area contributed by atoms with E-state index in [1.165, 1.54) is 38.6 Å². The van der Waals surface area contributed by atoms with Gasteiger partial charge in [0.15, 0.2) is 5.54 Å². The highest BCUT2D eigenvalue weighted by Crippen LogP contribution is 2.18. The van der Waals surface area contributed by atoms with E-state index in [0.717, 1.165) is 16.0 Å². The molecule has 9 nitrogen and oxygen atoms in total. The third kappa shape index (κ3) is 5.56. The van der Waals surface area contributed by atoms with Crippen molar-refractivity contribution in [2.75, 3.05) is 27.3 Å². The Hall–Kier alpha value is -3.71. The molecule has 0 bridgehead atoms. The van der Waals surface area contributed by atoms with E-state index in [9.17, 15) is 24.6 Å². The maximum atomic E-state index is 12.9. The van der Waals surface area contributed by atoms with Crippen LogP contribution in [0.1, 0.15) is 39.9 Å². The van der Waals surface area contributed by atoms with E-state index in [1.807, 2.05) is 0 Å². The molecule has 0 aliphatic heterocycles. The largest absolute Gasteiger partial charge is 0.396 e. The molecule has 0 spiro atoms. The SMILES string of the molecule is CNC(=O)[C@@](C)(C(=O)NO)N(C)C(=O)c1ccc(C#Cc2ccc(C(CO)CO)cc2)cc1. The van der Waals surface area contributed by atoms with E-state index in [4.69, 9.17) is 5.21 Å². The molecule has 0 fully saturated rings. The number of carbonyl (C=O) groups excluding carboxylic acids is 3. The Balaban J connectivity index is 2.19. The number of aliphatic hydroxyl groups excluding tert-OH is 2. The fourth-order valence-corrected chi connectivity index (χ4v) is 3.10. The molecule has 33 heavy (non-hydrogen) atoms. The lowest BCUT2D eigenvalue weighted by Crippen LogP contribution is -2.64. The highest BCUT2D eigenvalue weighted by atomic mass is 16.5. The first-order chi connectivity index (χ1) is 15.7. The zero-order chi connectivity index (χ0) is 24.6. The summed E-state index contributed by atoms with van der Waals surface area (Å²) >= 11 is 0. The second-order valence-electron chi connectivity index (χ2n) is 7.47. The van der Waals surface area contributed by atoms with Crippen LogP contribution in [0, 0.1) is 11.8 Å². The quantitative estimate of drug-likeness (QED) is 0.176. The number of aliphatic hydroxyl groups is 2. The molecule has 0 aromatic heterocycles. The second kappa shape index (κ2) is 11.2. The number of nitrogens with one attached hydrogen (secondary N) is 2. The van der Waals surface area contributed by atoms with Crippen molar-refractivity contribution in [3.05, 3.63) is 70.8 Å². The fraction of sp³-hybridized carbons (Fsp3) is 0.292. The Bertz CT molecular complexity index is 1030. The lowest BCUT2D eigenvalue weighted by molar-refractivity contribution is -0.148. The Morgan fingerprint density at radius 2 is 1.42 bits per heavy atom. The van der Waals surface area contributed by atoms with Gasteiger partial charge in [0.1, 0.15) is 0 Å². The first-order valence-electron chi connectivity index (χ1n) is 10.1. The van der Waals surface area contributed by atoms with Gasteiger partial charge < -0.3 is 20.4 Å². The van der Waals surface area contributed by atoms with Gasteiger partial charge in [0.2, 0.25) is 0 Å². The average Bonchev–Trinajstić information content (AvgIpc) is 2.86. The van der Waals surface area contributed by atoms with Crippen LogP contribution in [0.25, 0.3) is 0 Å². The molecule has 0 saturated carbocycles. The number of hydrogen-bond acceptors (Lipinski definition) is 6. The predicted octanol–water partition coefficient (Wildman–Crippen LogP) is 0.237. The molecule has 0 aliphatic carbocycles. The normalized spacial score (nSPS) is 12.2. The van der Waals surface area contributed by atoms with Crippen LogP contribution in [0.4, 0.5) is 0 Å². The van der Waals surface area contributed by atoms with Crippen LogP contribution in [0.3, 0.4) is 0 Å². The number of benzene rings is 2. The summed E-state index contributed by atoms with van der Waals surface area (Å²) in [7, 11) is 2.62. The molecule has 0 saturated heterocycles. The van der Waals surface area contributed by atoms with Crippen molar-refractivity contribution in [2.24, 2.45) is 0 Å². The second-order valence-corrected chi connectivity index (χ2v) is 7.47. The minimum atomic E-state index is -1.96. The maximum Gasteiger partial charge on any atom is 0.278 e. The molecule has 174 valence electrons. The van der Waals surface area contributed by atoms with Crippen molar-refractivity contribution in [3.63, 3.8) is 0 Å². The molecule has 2 rings (SSSR count). The predicted molar refractivity (Wildman–Crippen MR) is 120 cm³/mol. The van der Waals surface area contributed by atoms with Crippen LogP contribution in [0.15, 0.2) is 48.5 Å². The van der Waals surface area contributed by atoms with Gasteiger partial charge in [-0.1, -0.05) is 24.0 Å². The highest BCUT2D eigenvalue weighted by molar-refractivity contribution is 6.12. The summed E-state index contributed by atoms with van der Waals surface area (Å²) in [5.74, 6) is 3.25. The van der Waals surface area contributed by atoms with Gasteiger partial charge in [0.25, 0.3) is 17.7 Å². The zero-order valence-corrected chi connectivity index (χ0v) is 18.6. The molecule has 3 amide bonds. The average molecular weight is 453 g/mol. The summed E-state index contributed by atoms with van der Waals surface area (Å²) < 4.78 is 0. The topological polar surface area (TPSA) is 139 Å². The van der Waals surface area contributed by atoms with Gasteiger partial charge >= 0.3 is 0 Å². The molecule has 0 radical (unpaired) electrons. The Labute approximate surface area is 192 Å². The molecule has 5 N–H and O–H groups in total. The standard InChI is InChI=1S/C24H27N3O6/c1-24(22(31)25-2,23(32)26-33)27(3)21(30)19-12-8-17(9-13-19)5-4-16-6-10-18(11-7-16)20(14-28)15-29/h6-13,20,28-29,33H,14-15H2,1-3H3,(H,25,31)(H,26,32)/t24-/m0/s1. The smallest absolute Gasteiger partial charge is 0.278 e. The third-order valence-corrected chi connectivity index (χ3v) is 5.49. The van der Waals surface area contributed by atoms with Crippen molar-refractivity contribution >= 4 is 17.7 Å². The third-order valence-electron chi connectivity index (χ3n) is 5.49. The van der Waals surface area contributed by atoms with Crippen molar-refractivity contribution in [1.82, 2.24) is 15.7 Å². The van der Waals surface area contributed by atoms with Gasteiger partial charge in [-0.15, -0.1) is 0 Å². The Kier molecular flexibility index (Phi) is 8.70. The number of hydroxylamine groups is 1. The number of nitrogens with zero attached hydrogens (tertiary/aromatic N) is 1. The maximum absolute atomic E-state index is 12.9. The molecule has 0 heterocycles. The lowest BCUT2D eigenvalue weighted by atomic mass is 9.96. The number of amides is 3. The van der Waals surface area contributed by atoms with Crippen LogP contribution in [0.2, 0.25) is 0 Å². The van der Waals surface area contributed by atoms with E-state index < -0.39 is 23.3 Å². The summed E-state index contributed by atoms with van der Waals surface area (Å²) in [5, 5.41) is 29.8. The van der Waals surface area contributed by atoms with E-state index in [0.29, 0.717) is 5.56 Å². The van der Waals surface area contributed by atoms with E-state index in [2.05, 4.69) is 17.2 Å². The molecular formula is C24H27N3O6. The van der Waals surface area contributed by atoms with Crippen LogP contribution in [0.5, 0.6) is 0 Å². The molecule has 9 heteroatoms. The summed E-state index contributed by atoms with van der Waals surface area (Å²) in [6.07, 6.45) is 0. The van der Waals surface area contributed by atoms with E-state index >= 15 is 0 Å². The monoisotopic (exact) mass is 453 g/mol. The van der Waals surface area contributed by atoms with Crippen LogP contribution >= 0.6 is 0 Å². The van der Waals surface area contributed by atoms with Crippen molar-refractivity contribution in [1.29, 1.82) is 0 Å². The number of carbonyl (C=O) groups is 3. The number of likely N-dealkylation sites (N-methyl/N-ethyl adjacent to an activating group) is 2. The molecule has 0 aliphatic rings. The fourth-order valence-electron chi connectivity index (χ4n) is 3.10. The highest BCUT2D eigenvalue weighted by Gasteiger charge is 2.47. The number of hydrogen-bond donors (Lipinski definition) is 5. The van der Waals surface area contributed by atoms with E-state index in [1.54, 1.807) is 36.4 Å². The van der Waals surface area contributed by atoms with Gasteiger partial charge in [-0.25, -0.2) is 5.48 Å². The van der Waals surface area contributed by atoms with Crippen LogP contribution < -0.4 is 10.8 Å². The van der Waals surface area contributed by atoms with Gasteiger partial charge in [-0.3, -0.25) is 19.6 Å². The van der Waals surface area contributed by atoms with Gasteiger partial charge in [0, 0.05) is 36.7 Å². The van der Waals surface area contributed by atoms with Crippen LogP contribution in [-0.2, 0) is 9.59 Å². The summed E-state index contributed by atoms with van der Waals surface area (Å²) in [4.78, 5) is 38.2. The molecule has 1 atom stereocenters. The van der Waals surface area contributed by atoms with Crippen molar-refractivity contribution in [2.45, 2.75) is 18.4 Å². The Morgan fingerprint density at radius 3 is 1.85 bits per heavy atom. The molecule has 2 aromatic carbocycles. The van der Waals surface area contributed by atoms with Gasteiger partial charge in [-0.2, -0.15) is 0 Å². The summed E-state index contributed by atoms with van der Waals surface area (Å²) in [6, 6.07) is 13.5. The first kappa shape index (κ1) is 25.5. The van der Waals surface area contributed by atoms with Gasteiger partial charge in [0.05, 0.1) is 13.2 Å². The minimum Gasteiger partial charge on any atom is -0.396 e. The zero-order valence-electron chi connectivity index (χ0n) is 18.6. The molecular weight excluding hydrogens is 426 g/mol. The van der Waals surface area contributed by atoms with Crippen LogP contribution in [-0.4, -0.2) is 70.9 Å². The molecule has 2 aromatic rings. The van der Waals surface area contributed by atoms with Gasteiger partial charge in [-0.05, 0) is 48.9 Å². The molecule has 0 unspecified atom stereocenters.